The minimum absolute atomic E-state index is 0.00720. The maximum Gasteiger partial charge on any atom is 0.393 e. The molecule has 0 amide bonds. The van der Waals surface area contributed by atoms with E-state index in [1.54, 1.807) is 6.92 Å². The molecule has 0 heterocycles. The standard InChI is InChI=1S/C10H11F3O.C2H6/c1-2-7-5-9(14)4-3-8(7)6-10(11,12)13;1-2/h3-5,14H,2,6H2,1H3;1-2H3. The summed E-state index contributed by atoms with van der Waals surface area (Å²) in [6.45, 7) is 5.76. The van der Waals surface area contributed by atoms with Gasteiger partial charge in [0.15, 0.2) is 0 Å². The third kappa shape index (κ3) is 5.05. The van der Waals surface area contributed by atoms with Crippen molar-refractivity contribution >= 4 is 0 Å². The monoisotopic (exact) mass is 234 g/mol. The third-order valence-corrected chi connectivity index (χ3v) is 1.96. The van der Waals surface area contributed by atoms with Crippen molar-refractivity contribution in [3.05, 3.63) is 29.3 Å². The zero-order valence-corrected chi connectivity index (χ0v) is 9.73. The Labute approximate surface area is 93.9 Å². The number of alkyl halides is 3. The second kappa shape index (κ2) is 6.40. The lowest BCUT2D eigenvalue weighted by molar-refractivity contribution is -0.127. The summed E-state index contributed by atoms with van der Waals surface area (Å²) in [5.74, 6) is 0.00720. The Hall–Kier alpha value is -1.19. The predicted molar refractivity (Wildman–Crippen MR) is 58.6 cm³/mol. The molecule has 92 valence electrons. The molecule has 1 aromatic carbocycles. The fourth-order valence-corrected chi connectivity index (χ4v) is 1.33. The Kier molecular flexibility index (Phi) is 5.93. The van der Waals surface area contributed by atoms with Gasteiger partial charge in [0.25, 0.3) is 0 Å². The van der Waals surface area contributed by atoms with Crippen LogP contribution in [0.15, 0.2) is 18.2 Å². The van der Waals surface area contributed by atoms with E-state index in [1.807, 2.05) is 13.8 Å². The molecule has 0 spiro atoms. The SMILES string of the molecule is CC.CCc1cc(O)ccc1CC(F)(F)F. The number of hydrogen-bond acceptors (Lipinski definition) is 1. The molecule has 0 bridgehead atoms. The van der Waals surface area contributed by atoms with E-state index in [4.69, 9.17) is 5.11 Å². The molecule has 1 aromatic rings. The molecular weight excluding hydrogens is 217 g/mol. The molecule has 0 saturated heterocycles. The Bertz CT molecular complexity index is 319. The first-order valence-corrected chi connectivity index (χ1v) is 5.30. The fraction of sp³-hybridized carbons (Fsp3) is 0.500. The summed E-state index contributed by atoms with van der Waals surface area (Å²) < 4.78 is 36.3. The van der Waals surface area contributed by atoms with Gasteiger partial charge in [0, 0.05) is 0 Å². The van der Waals surface area contributed by atoms with Gasteiger partial charge in [-0.1, -0.05) is 26.8 Å². The lowest BCUT2D eigenvalue weighted by Gasteiger charge is -2.10. The smallest absolute Gasteiger partial charge is 0.393 e. The minimum atomic E-state index is -4.19. The first-order valence-electron chi connectivity index (χ1n) is 5.30. The van der Waals surface area contributed by atoms with Gasteiger partial charge >= 0.3 is 6.18 Å². The number of halogens is 3. The topological polar surface area (TPSA) is 20.2 Å². The molecule has 0 aliphatic rings. The van der Waals surface area contributed by atoms with E-state index >= 15 is 0 Å². The Morgan fingerprint density at radius 1 is 1.12 bits per heavy atom. The average Bonchev–Trinajstić information content (AvgIpc) is 2.22. The van der Waals surface area contributed by atoms with Crippen LogP contribution in [0.2, 0.25) is 0 Å². The highest BCUT2D eigenvalue weighted by atomic mass is 19.4. The van der Waals surface area contributed by atoms with Gasteiger partial charge < -0.3 is 5.11 Å². The molecular formula is C12H17F3O. The van der Waals surface area contributed by atoms with Crippen molar-refractivity contribution in [2.24, 2.45) is 0 Å². The lowest BCUT2D eigenvalue weighted by atomic mass is 10.0. The van der Waals surface area contributed by atoms with Crippen LogP contribution in [-0.2, 0) is 12.8 Å². The highest BCUT2D eigenvalue weighted by molar-refractivity contribution is 5.35. The van der Waals surface area contributed by atoms with E-state index in [2.05, 4.69) is 0 Å². The van der Waals surface area contributed by atoms with Crippen LogP contribution in [0.5, 0.6) is 5.75 Å². The molecule has 1 rings (SSSR count). The molecule has 0 unspecified atom stereocenters. The van der Waals surface area contributed by atoms with E-state index in [0.29, 0.717) is 12.0 Å². The zero-order chi connectivity index (χ0) is 12.8. The Balaban J connectivity index is 0.00000106. The van der Waals surface area contributed by atoms with Gasteiger partial charge in [-0.05, 0) is 29.7 Å². The molecule has 1 N–H and O–H groups in total. The van der Waals surface area contributed by atoms with Crippen molar-refractivity contribution in [2.45, 2.75) is 39.8 Å². The van der Waals surface area contributed by atoms with E-state index in [1.165, 1.54) is 18.2 Å². The summed E-state index contributed by atoms with van der Waals surface area (Å²) in [6, 6.07) is 3.98. The molecule has 16 heavy (non-hydrogen) atoms. The first kappa shape index (κ1) is 14.8. The van der Waals surface area contributed by atoms with Crippen LogP contribution in [0.3, 0.4) is 0 Å². The average molecular weight is 234 g/mol. The number of phenols is 1. The van der Waals surface area contributed by atoms with Crippen LogP contribution in [0.1, 0.15) is 31.9 Å². The number of benzene rings is 1. The summed E-state index contributed by atoms with van der Waals surface area (Å²) in [5, 5.41) is 9.09. The molecule has 1 nitrogen and oxygen atoms in total. The molecule has 0 radical (unpaired) electrons. The molecule has 0 fully saturated rings. The van der Waals surface area contributed by atoms with Crippen molar-refractivity contribution in [1.29, 1.82) is 0 Å². The first-order chi connectivity index (χ1) is 7.42. The molecule has 0 aliphatic heterocycles. The maximum atomic E-state index is 12.1. The van der Waals surface area contributed by atoms with Crippen molar-refractivity contribution in [1.82, 2.24) is 0 Å². The predicted octanol–water partition coefficient (Wildman–Crippen LogP) is 4.09. The van der Waals surface area contributed by atoms with Gasteiger partial charge in [-0.15, -0.1) is 0 Å². The second-order valence-corrected chi connectivity index (χ2v) is 3.10. The summed E-state index contributed by atoms with van der Waals surface area (Å²) in [7, 11) is 0. The maximum absolute atomic E-state index is 12.1. The van der Waals surface area contributed by atoms with Gasteiger partial charge in [-0.25, -0.2) is 0 Å². The number of hydrogen-bond donors (Lipinski definition) is 1. The molecule has 0 atom stereocenters. The second-order valence-electron chi connectivity index (χ2n) is 3.10. The van der Waals surface area contributed by atoms with Crippen LogP contribution in [-0.4, -0.2) is 11.3 Å². The van der Waals surface area contributed by atoms with E-state index in [9.17, 15) is 13.2 Å². The van der Waals surface area contributed by atoms with Crippen molar-refractivity contribution in [3.63, 3.8) is 0 Å². The highest BCUT2D eigenvalue weighted by Crippen LogP contribution is 2.25. The summed E-state index contributed by atoms with van der Waals surface area (Å²) in [4.78, 5) is 0. The summed E-state index contributed by atoms with van der Waals surface area (Å²) >= 11 is 0. The van der Waals surface area contributed by atoms with Gasteiger partial charge in [-0.2, -0.15) is 13.2 Å². The van der Waals surface area contributed by atoms with Crippen molar-refractivity contribution in [3.8, 4) is 5.75 Å². The van der Waals surface area contributed by atoms with Gasteiger partial charge in [0.05, 0.1) is 6.42 Å². The van der Waals surface area contributed by atoms with Crippen molar-refractivity contribution in [2.75, 3.05) is 0 Å². The third-order valence-electron chi connectivity index (χ3n) is 1.96. The molecule has 0 aliphatic carbocycles. The van der Waals surface area contributed by atoms with Crippen LogP contribution in [0.25, 0.3) is 0 Å². The molecule has 4 heteroatoms. The lowest BCUT2D eigenvalue weighted by Crippen LogP contribution is -2.12. The van der Waals surface area contributed by atoms with Crippen LogP contribution in [0, 0.1) is 0 Å². The van der Waals surface area contributed by atoms with Gasteiger partial charge in [0.2, 0.25) is 0 Å². The van der Waals surface area contributed by atoms with E-state index in [0.717, 1.165) is 0 Å². The number of aromatic hydroxyl groups is 1. The quantitative estimate of drug-likeness (QED) is 0.817. The van der Waals surface area contributed by atoms with Crippen LogP contribution >= 0.6 is 0 Å². The zero-order valence-electron chi connectivity index (χ0n) is 9.73. The van der Waals surface area contributed by atoms with Crippen LogP contribution in [0.4, 0.5) is 13.2 Å². The van der Waals surface area contributed by atoms with Crippen LogP contribution < -0.4 is 0 Å². The minimum Gasteiger partial charge on any atom is -0.508 e. The highest BCUT2D eigenvalue weighted by Gasteiger charge is 2.28. The fourth-order valence-electron chi connectivity index (χ4n) is 1.33. The largest absolute Gasteiger partial charge is 0.508 e. The summed E-state index contributed by atoms with van der Waals surface area (Å²) in [5.41, 5.74) is 0.778. The van der Waals surface area contributed by atoms with E-state index < -0.39 is 12.6 Å². The van der Waals surface area contributed by atoms with Gasteiger partial charge in [-0.3, -0.25) is 0 Å². The summed E-state index contributed by atoms with van der Waals surface area (Å²) in [6.07, 6.45) is -4.64. The van der Waals surface area contributed by atoms with E-state index in [-0.39, 0.29) is 11.3 Å². The Morgan fingerprint density at radius 3 is 2.12 bits per heavy atom. The Morgan fingerprint density at radius 2 is 1.69 bits per heavy atom. The molecule has 0 saturated carbocycles. The van der Waals surface area contributed by atoms with Gasteiger partial charge in [0.1, 0.15) is 5.75 Å². The number of aryl methyl sites for hydroxylation is 1. The van der Waals surface area contributed by atoms with Crippen molar-refractivity contribution < 1.29 is 18.3 Å². The number of phenolic OH excluding ortho intramolecular Hbond substituents is 1. The normalized spacial score (nSPS) is 10.6. The number of rotatable bonds is 2. The molecule has 0 aromatic heterocycles.